The molecule has 2 rings (SSSR count). The van der Waals surface area contributed by atoms with Crippen LogP contribution in [0, 0.1) is 0 Å². The first kappa shape index (κ1) is 14.4. The predicted octanol–water partition coefficient (Wildman–Crippen LogP) is 4.43. The number of rotatable bonds is 2. The van der Waals surface area contributed by atoms with Crippen LogP contribution < -0.4 is 0 Å². The smallest absolute Gasteiger partial charge is 0.303 e. The summed E-state index contributed by atoms with van der Waals surface area (Å²) in [7, 11) is 0. The first-order valence-electron chi connectivity index (χ1n) is 6.87. The summed E-state index contributed by atoms with van der Waals surface area (Å²) < 4.78 is 0. The summed E-state index contributed by atoms with van der Waals surface area (Å²) >= 11 is 1.87. The molecule has 1 N–H and O–H groups in total. The van der Waals surface area contributed by atoms with Gasteiger partial charge in [0, 0.05) is 4.90 Å². The first-order chi connectivity index (χ1) is 8.88. The fraction of sp³-hybridized carbons (Fsp3) is 0.562. The number of carbonyl (C=O) groups is 1. The van der Waals surface area contributed by atoms with Crippen molar-refractivity contribution in [2.45, 2.75) is 56.3 Å². The van der Waals surface area contributed by atoms with E-state index in [-0.39, 0.29) is 17.8 Å². The molecule has 0 bridgehead atoms. The lowest BCUT2D eigenvalue weighted by molar-refractivity contribution is -0.137. The lowest BCUT2D eigenvalue weighted by atomic mass is 9.83. The van der Waals surface area contributed by atoms with Gasteiger partial charge in [0.2, 0.25) is 0 Å². The van der Waals surface area contributed by atoms with Crippen LogP contribution in [0.2, 0.25) is 0 Å². The van der Waals surface area contributed by atoms with Crippen LogP contribution in [0.25, 0.3) is 0 Å². The minimum Gasteiger partial charge on any atom is -0.481 e. The molecule has 0 spiro atoms. The number of aliphatic carboxylic acids is 1. The third-order valence-corrected chi connectivity index (χ3v) is 4.87. The van der Waals surface area contributed by atoms with Crippen molar-refractivity contribution < 1.29 is 9.90 Å². The van der Waals surface area contributed by atoms with Gasteiger partial charge in [0.15, 0.2) is 0 Å². The van der Waals surface area contributed by atoms with Gasteiger partial charge in [-0.05, 0) is 47.1 Å². The Balaban J connectivity index is 2.41. The molecule has 19 heavy (non-hydrogen) atoms. The Bertz CT molecular complexity index is 474. The fourth-order valence-corrected chi connectivity index (χ4v) is 3.64. The van der Waals surface area contributed by atoms with Gasteiger partial charge in [-0.3, -0.25) is 4.79 Å². The van der Waals surface area contributed by atoms with Crippen molar-refractivity contribution in [2.24, 2.45) is 0 Å². The van der Waals surface area contributed by atoms with Gasteiger partial charge in [0.25, 0.3) is 0 Å². The maximum absolute atomic E-state index is 11.1. The molecule has 0 saturated heterocycles. The number of thioether (sulfide) groups is 1. The highest BCUT2D eigenvalue weighted by Crippen LogP contribution is 2.39. The Labute approximate surface area is 119 Å². The minimum absolute atomic E-state index is 0.111. The van der Waals surface area contributed by atoms with E-state index in [0.29, 0.717) is 0 Å². The van der Waals surface area contributed by atoms with Gasteiger partial charge >= 0.3 is 5.97 Å². The van der Waals surface area contributed by atoms with Crippen molar-refractivity contribution in [1.82, 2.24) is 0 Å². The summed E-state index contributed by atoms with van der Waals surface area (Å²) in [5.41, 5.74) is 2.65. The molecule has 1 atom stereocenters. The van der Waals surface area contributed by atoms with E-state index in [1.807, 2.05) is 11.8 Å². The average Bonchev–Trinajstić information content (AvgIpc) is 2.49. The molecular formula is C16H22O2S. The summed E-state index contributed by atoms with van der Waals surface area (Å²) in [6, 6.07) is 6.61. The largest absolute Gasteiger partial charge is 0.481 e. The number of carboxylic acids is 1. The summed E-state index contributed by atoms with van der Waals surface area (Å²) in [4.78, 5) is 12.3. The molecule has 1 aromatic carbocycles. The van der Waals surface area contributed by atoms with Gasteiger partial charge in [-0.25, -0.2) is 0 Å². The third kappa shape index (κ3) is 3.53. The van der Waals surface area contributed by atoms with Gasteiger partial charge < -0.3 is 5.11 Å². The standard InChI is InChI=1S/C16H22O2S/c1-16(2,3)12-6-7-14-13(10-12)11(9-15(17)18)5-4-8-19-14/h6-7,10-11H,4-5,8-9H2,1-3H3,(H,17,18). The van der Waals surface area contributed by atoms with E-state index >= 15 is 0 Å². The second-order valence-corrected chi connectivity index (χ2v) is 7.42. The lowest BCUT2D eigenvalue weighted by Crippen LogP contribution is -2.13. The quantitative estimate of drug-likeness (QED) is 0.869. The van der Waals surface area contributed by atoms with Crippen LogP contribution in [-0.4, -0.2) is 16.8 Å². The van der Waals surface area contributed by atoms with Crippen molar-refractivity contribution in [3.8, 4) is 0 Å². The third-order valence-electron chi connectivity index (χ3n) is 3.69. The molecule has 0 fully saturated rings. The fourth-order valence-electron chi connectivity index (χ4n) is 2.56. The molecule has 104 valence electrons. The summed E-state index contributed by atoms with van der Waals surface area (Å²) in [6.07, 6.45) is 2.34. The molecule has 1 aliphatic rings. The highest BCUT2D eigenvalue weighted by atomic mass is 32.2. The van der Waals surface area contributed by atoms with Crippen LogP contribution in [0.1, 0.15) is 57.1 Å². The number of hydrogen-bond acceptors (Lipinski definition) is 2. The second kappa shape index (κ2) is 5.58. The van der Waals surface area contributed by atoms with E-state index in [0.717, 1.165) is 18.6 Å². The van der Waals surface area contributed by atoms with Crippen molar-refractivity contribution in [2.75, 3.05) is 5.75 Å². The number of carboxylic acid groups (broad SMARTS) is 1. The van der Waals surface area contributed by atoms with Crippen LogP contribution in [0.5, 0.6) is 0 Å². The van der Waals surface area contributed by atoms with Crippen LogP contribution in [0.4, 0.5) is 0 Å². The molecule has 1 aromatic rings. The Morgan fingerprint density at radius 2 is 2.16 bits per heavy atom. The Morgan fingerprint density at radius 1 is 1.42 bits per heavy atom. The second-order valence-electron chi connectivity index (χ2n) is 6.29. The molecule has 0 amide bonds. The number of hydrogen-bond donors (Lipinski definition) is 1. The van der Waals surface area contributed by atoms with Crippen molar-refractivity contribution in [3.63, 3.8) is 0 Å². The van der Waals surface area contributed by atoms with E-state index in [9.17, 15) is 4.79 Å². The maximum atomic E-state index is 11.1. The van der Waals surface area contributed by atoms with Crippen LogP contribution in [0.15, 0.2) is 23.1 Å². The van der Waals surface area contributed by atoms with E-state index in [1.54, 1.807) is 0 Å². The van der Waals surface area contributed by atoms with Crippen LogP contribution >= 0.6 is 11.8 Å². The van der Waals surface area contributed by atoms with Crippen molar-refractivity contribution in [1.29, 1.82) is 0 Å². The predicted molar refractivity (Wildman–Crippen MR) is 80.1 cm³/mol. The molecular weight excluding hydrogens is 256 g/mol. The molecule has 0 aromatic heterocycles. The zero-order valence-corrected chi connectivity index (χ0v) is 12.7. The van der Waals surface area contributed by atoms with Gasteiger partial charge in [-0.15, -0.1) is 11.8 Å². The van der Waals surface area contributed by atoms with E-state index in [4.69, 9.17) is 5.11 Å². The zero-order valence-electron chi connectivity index (χ0n) is 11.9. The lowest BCUT2D eigenvalue weighted by Gasteiger charge is -2.23. The molecule has 2 nitrogen and oxygen atoms in total. The number of benzene rings is 1. The minimum atomic E-state index is -0.691. The molecule has 1 unspecified atom stereocenters. The van der Waals surface area contributed by atoms with E-state index in [2.05, 4.69) is 39.0 Å². The molecule has 1 aliphatic heterocycles. The Morgan fingerprint density at radius 3 is 2.79 bits per heavy atom. The van der Waals surface area contributed by atoms with Crippen molar-refractivity contribution in [3.05, 3.63) is 29.3 Å². The highest BCUT2D eigenvalue weighted by Gasteiger charge is 2.24. The van der Waals surface area contributed by atoms with Crippen LogP contribution in [0.3, 0.4) is 0 Å². The van der Waals surface area contributed by atoms with Gasteiger partial charge in [-0.2, -0.15) is 0 Å². The molecule has 3 heteroatoms. The zero-order chi connectivity index (χ0) is 14.0. The normalized spacial score (nSPS) is 19.6. The van der Waals surface area contributed by atoms with E-state index < -0.39 is 5.97 Å². The Hall–Kier alpha value is -0.960. The average molecular weight is 278 g/mol. The Kier molecular flexibility index (Phi) is 4.24. The summed E-state index contributed by atoms with van der Waals surface area (Å²) in [5, 5.41) is 9.11. The number of fused-ring (bicyclic) bond motifs is 1. The summed E-state index contributed by atoms with van der Waals surface area (Å²) in [5.74, 6) is 0.576. The summed E-state index contributed by atoms with van der Waals surface area (Å²) in [6.45, 7) is 6.60. The highest BCUT2D eigenvalue weighted by molar-refractivity contribution is 7.99. The molecule has 0 radical (unpaired) electrons. The van der Waals surface area contributed by atoms with Gasteiger partial charge in [-0.1, -0.05) is 32.9 Å². The molecule has 1 heterocycles. The van der Waals surface area contributed by atoms with Crippen molar-refractivity contribution >= 4 is 17.7 Å². The SMILES string of the molecule is CC(C)(C)c1ccc2c(c1)C(CC(=O)O)CCCS2. The molecule has 0 saturated carbocycles. The monoisotopic (exact) mass is 278 g/mol. The van der Waals surface area contributed by atoms with E-state index in [1.165, 1.54) is 16.0 Å². The maximum Gasteiger partial charge on any atom is 0.303 e. The van der Waals surface area contributed by atoms with Gasteiger partial charge in [0.1, 0.15) is 0 Å². The van der Waals surface area contributed by atoms with Crippen LogP contribution in [-0.2, 0) is 10.2 Å². The first-order valence-corrected chi connectivity index (χ1v) is 7.85. The molecule has 0 aliphatic carbocycles. The van der Waals surface area contributed by atoms with Gasteiger partial charge in [0.05, 0.1) is 6.42 Å². The topological polar surface area (TPSA) is 37.3 Å².